The van der Waals surface area contributed by atoms with Gasteiger partial charge in [-0.25, -0.2) is 0 Å². The van der Waals surface area contributed by atoms with Crippen molar-refractivity contribution < 1.29 is 9.53 Å². The number of nitrogens with one attached hydrogen (secondary N) is 2. The number of hydrogen-bond donors (Lipinski definition) is 2. The Labute approximate surface area is 156 Å². The minimum Gasteiger partial charge on any atom is -0.491 e. The van der Waals surface area contributed by atoms with Crippen LogP contribution >= 0.6 is 0 Å². The highest BCUT2D eigenvalue weighted by molar-refractivity contribution is 5.94. The zero-order valence-corrected chi connectivity index (χ0v) is 15.8. The molecule has 0 aliphatic heterocycles. The van der Waals surface area contributed by atoms with Gasteiger partial charge in [0.05, 0.1) is 6.10 Å². The lowest BCUT2D eigenvalue weighted by molar-refractivity contribution is -0.117. The van der Waals surface area contributed by atoms with Crippen molar-refractivity contribution in [1.29, 1.82) is 0 Å². The third-order valence-electron chi connectivity index (χ3n) is 4.53. The number of amides is 1. The SMILES string of the molecule is CC(C)Oc1ccc(CNC(C)c2ccc(NC(=O)C3CC3)cc2)cc1. The standard InChI is InChI=1S/C22H28N2O2/c1-15(2)26-21-12-4-17(5-13-21)14-23-16(3)18-8-10-20(11-9-18)24-22(25)19-6-7-19/h4-5,8-13,15-16,19,23H,6-7,14H2,1-3H3,(H,24,25). The molecule has 0 bridgehead atoms. The Morgan fingerprint density at radius 2 is 1.69 bits per heavy atom. The van der Waals surface area contributed by atoms with Crippen LogP contribution in [0, 0.1) is 5.92 Å². The normalized spacial score (nSPS) is 14.9. The van der Waals surface area contributed by atoms with Gasteiger partial charge in [0.15, 0.2) is 0 Å². The van der Waals surface area contributed by atoms with Crippen LogP contribution in [0.5, 0.6) is 5.75 Å². The summed E-state index contributed by atoms with van der Waals surface area (Å²) in [7, 11) is 0. The summed E-state index contributed by atoms with van der Waals surface area (Å²) in [4.78, 5) is 11.8. The van der Waals surface area contributed by atoms with Crippen LogP contribution in [0.2, 0.25) is 0 Å². The Hall–Kier alpha value is -2.33. The fraction of sp³-hybridized carbons (Fsp3) is 0.409. The fourth-order valence-corrected chi connectivity index (χ4v) is 2.79. The fourth-order valence-electron chi connectivity index (χ4n) is 2.79. The summed E-state index contributed by atoms with van der Waals surface area (Å²) in [5.74, 6) is 1.28. The van der Waals surface area contributed by atoms with E-state index in [1.807, 2.05) is 38.1 Å². The molecule has 0 saturated heterocycles. The van der Waals surface area contributed by atoms with Crippen LogP contribution < -0.4 is 15.4 Å². The Kier molecular flexibility index (Phi) is 5.94. The summed E-state index contributed by atoms with van der Waals surface area (Å²) in [5.41, 5.74) is 3.30. The van der Waals surface area contributed by atoms with Crippen LogP contribution in [0.1, 0.15) is 50.8 Å². The van der Waals surface area contributed by atoms with Crippen LogP contribution in [0.15, 0.2) is 48.5 Å². The lowest BCUT2D eigenvalue weighted by atomic mass is 10.1. The highest BCUT2D eigenvalue weighted by Gasteiger charge is 2.29. The van der Waals surface area contributed by atoms with E-state index in [-0.39, 0.29) is 24.0 Å². The molecule has 4 nitrogen and oxygen atoms in total. The molecule has 0 radical (unpaired) electrons. The monoisotopic (exact) mass is 352 g/mol. The van der Waals surface area contributed by atoms with Crippen LogP contribution in [0.25, 0.3) is 0 Å². The van der Waals surface area contributed by atoms with Crippen LogP contribution in [-0.2, 0) is 11.3 Å². The maximum Gasteiger partial charge on any atom is 0.227 e. The number of carbonyl (C=O) groups excluding carboxylic acids is 1. The first-order chi connectivity index (χ1) is 12.5. The van der Waals surface area contributed by atoms with Crippen molar-refractivity contribution in [2.45, 2.75) is 52.3 Å². The largest absolute Gasteiger partial charge is 0.491 e. The Balaban J connectivity index is 1.49. The van der Waals surface area contributed by atoms with Gasteiger partial charge in [-0.1, -0.05) is 24.3 Å². The van der Waals surface area contributed by atoms with Crippen molar-refractivity contribution in [3.05, 3.63) is 59.7 Å². The molecule has 3 rings (SSSR count). The van der Waals surface area contributed by atoms with Crippen molar-refractivity contribution in [3.8, 4) is 5.75 Å². The van der Waals surface area contributed by atoms with Gasteiger partial charge in [-0.3, -0.25) is 4.79 Å². The van der Waals surface area contributed by atoms with Crippen molar-refractivity contribution in [1.82, 2.24) is 5.32 Å². The van der Waals surface area contributed by atoms with E-state index in [1.165, 1.54) is 11.1 Å². The molecule has 1 aliphatic rings. The highest BCUT2D eigenvalue weighted by Crippen LogP contribution is 2.30. The summed E-state index contributed by atoms with van der Waals surface area (Å²) in [6, 6.07) is 16.5. The predicted molar refractivity (Wildman–Crippen MR) is 105 cm³/mol. The molecule has 2 aromatic rings. The van der Waals surface area contributed by atoms with E-state index < -0.39 is 0 Å². The summed E-state index contributed by atoms with van der Waals surface area (Å²) < 4.78 is 5.67. The van der Waals surface area contributed by atoms with Crippen molar-refractivity contribution in [3.63, 3.8) is 0 Å². The molecule has 1 aliphatic carbocycles. The van der Waals surface area contributed by atoms with Crippen LogP contribution in [-0.4, -0.2) is 12.0 Å². The molecule has 1 unspecified atom stereocenters. The zero-order chi connectivity index (χ0) is 18.5. The lowest BCUT2D eigenvalue weighted by Gasteiger charge is -2.16. The van der Waals surface area contributed by atoms with E-state index in [9.17, 15) is 4.79 Å². The quantitative estimate of drug-likeness (QED) is 0.726. The first kappa shape index (κ1) is 18.5. The molecule has 1 amide bonds. The van der Waals surface area contributed by atoms with E-state index >= 15 is 0 Å². The second kappa shape index (κ2) is 8.37. The van der Waals surface area contributed by atoms with Gasteiger partial charge in [0, 0.05) is 24.2 Å². The minimum atomic E-state index is 0.147. The summed E-state index contributed by atoms with van der Waals surface area (Å²) in [6.45, 7) is 7.00. The van der Waals surface area contributed by atoms with Gasteiger partial charge in [0.2, 0.25) is 5.91 Å². The Morgan fingerprint density at radius 1 is 1.04 bits per heavy atom. The van der Waals surface area contributed by atoms with E-state index in [0.717, 1.165) is 30.8 Å². The number of benzene rings is 2. The molecular weight excluding hydrogens is 324 g/mol. The smallest absolute Gasteiger partial charge is 0.227 e. The van der Waals surface area contributed by atoms with Gasteiger partial charge in [-0.05, 0) is 69.0 Å². The highest BCUT2D eigenvalue weighted by atomic mass is 16.5. The molecule has 138 valence electrons. The van der Waals surface area contributed by atoms with E-state index in [2.05, 4.69) is 41.8 Å². The van der Waals surface area contributed by atoms with Gasteiger partial charge >= 0.3 is 0 Å². The van der Waals surface area contributed by atoms with Gasteiger partial charge in [0.1, 0.15) is 5.75 Å². The number of ether oxygens (including phenoxy) is 1. The van der Waals surface area contributed by atoms with Gasteiger partial charge in [-0.2, -0.15) is 0 Å². The molecule has 0 heterocycles. The Bertz CT molecular complexity index is 719. The topological polar surface area (TPSA) is 50.4 Å². The van der Waals surface area contributed by atoms with E-state index in [0.29, 0.717) is 0 Å². The van der Waals surface area contributed by atoms with Crippen molar-refractivity contribution in [2.75, 3.05) is 5.32 Å². The number of rotatable bonds is 8. The molecule has 1 atom stereocenters. The maximum absolute atomic E-state index is 11.8. The predicted octanol–water partition coefficient (Wildman–Crippen LogP) is 4.67. The molecule has 0 aromatic heterocycles. The second-order valence-corrected chi connectivity index (χ2v) is 7.30. The molecule has 26 heavy (non-hydrogen) atoms. The first-order valence-electron chi connectivity index (χ1n) is 9.41. The molecule has 2 N–H and O–H groups in total. The van der Waals surface area contributed by atoms with Gasteiger partial charge < -0.3 is 15.4 Å². The average molecular weight is 352 g/mol. The third-order valence-corrected chi connectivity index (χ3v) is 4.53. The Morgan fingerprint density at radius 3 is 2.27 bits per heavy atom. The number of anilines is 1. The molecule has 0 spiro atoms. The summed E-state index contributed by atoms with van der Waals surface area (Å²) in [6.07, 6.45) is 2.24. The van der Waals surface area contributed by atoms with Gasteiger partial charge in [-0.15, -0.1) is 0 Å². The van der Waals surface area contributed by atoms with Crippen LogP contribution in [0.4, 0.5) is 5.69 Å². The van der Waals surface area contributed by atoms with E-state index in [4.69, 9.17) is 4.74 Å². The number of hydrogen-bond acceptors (Lipinski definition) is 3. The number of carbonyl (C=O) groups is 1. The molecule has 1 saturated carbocycles. The third kappa shape index (κ3) is 5.33. The first-order valence-corrected chi connectivity index (χ1v) is 9.41. The molecule has 2 aromatic carbocycles. The van der Waals surface area contributed by atoms with E-state index in [1.54, 1.807) is 0 Å². The minimum absolute atomic E-state index is 0.147. The summed E-state index contributed by atoms with van der Waals surface area (Å²) in [5, 5.41) is 6.51. The average Bonchev–Trinajstić information content (AvgIpc) is 3.46. The van der Waals surface area contributed by atoms with Crippen molar-refractivity contribution in [2.24, 2.45) is 5.92 Å². The maximum atomic E-state index is 11.8. The lowest BCUT2D eigenvalue weighted by Crippen LogP contribution is -2.18. The summed E-state index contributed by atoms with van der Waals surface area (Å²) >= 11 is 0. The van der Waals surface area contributed by atoms with Crippen LogP contribution in [0.3, 0.4) is 0 Å². The molecular formula is C22H28N2O2. The molecule has 4 heteroatoms. The van der Waals surface area contributed by atoms with Crippen molar-refractivity contribution >= 4 is 11.6 Å². The molecule has 1 fully saturated rings. The second-order valence-electron chi connectivity index (χ2n) is 7.30. The van der Waals surface area contributed by atoms with Gasteiger partial charge in [0.25, 0.3) is 0 Å². The zero-order valence-electron chi connectivity index (χ0n) is 15.8.